The smallest absolute Gasteiger partial charge is 0.253 e. The molecule has 9 heteroatoms. The highest BCUT2D eigenvalue weighted by Gasteiger charge is 2.17. The zero-order chi connectivity index (χ0) is 19.7. The lowest BCUT2D eigenvalue weighted by Crippen LogP contribution is -2.20. The summed E-state index contributed by atoms with van der Waals surface area (Å²) in [6.07, 6.45) is 6.29. The summed E-state index contributed by atoms with van der Waals surface area (Å²) in [4.78, 5) is 28.2. The average molecular weight is 398 g/mol. The summed E-state index contributed by atoms with van der Waals surface area (Å²) in [5.41, 5.74) is 3.24. The molecule has 3 aromatic rings. The number of fused-ring (bicyclic) bond motifs is 1. The fourth-order valence-electron chi connectivity index (χ4n) is 3.49. The standard InChI is InChI=1S/C19H23N7OS/c1-12-15(13(2)26-18(21-12)23-19(24-26)28-3)10-17(27)22-14-6-7-16(20-11-14)25-8-4-5-9-25/h6-7,11H,4-5,8-10H2,1-3H3,(H,22,27). The van der Waals surface area contributed by atoms with Gasteiger partial charge in [-0.15, -0.1) is 5.10 Å². The molecular weight excluding hydrogens is 374 g/mol. The molecule has 1 amide bonds. The number of hydrogen-bond donors (Lipinski definition) is 1. The van der Waals surface area contributed by atoms with E-state index in [4.69, 9.17) is 0 Å². The molecule has 1 fully saturated rings. The topological polar surface area (TPSA) is 88.3 Å². The fourth-order valence-corrected chi connectivity index (χ4v) is 3.83. The minimum absolute atomic E-state index is 0.103. The number of nitrogens with one attached hydrogen (secondary N) is 1. The molecule has 1 saturated heterocycles. The molecular formula is C19H23N7OS. The van der Waals surface area contributed by atoms with Crippen LogP contribution in [0.25, 0.3) is 5.78 Å². The predicted octanol–water partition coefficient (Wildman–Crippen LogP) is 2.64. The van der Waals surface area contributed by atoms with Crippen molar-refractivity contribution in [1.29, 1.82) is 0 Å². The molecule has 0 aromatic carbocycles. The highest BCUT2D eigenvalue weighted by atomic mass is 32.2. The van der Waals surface area contributed by atoms with Crippen LogP contribution in [0.3, 0.4) is 0 Å². The number of amides is 1. The Balaban J connectivity index is 1.49. The van der Waals surface area contributed by atoms with Crippen LogP contribution >= 0.6 is 11.8 Å². The van der Waals surface area contributed by atoms with Crippen LogP contribution in [0.1, 0.15) is 29.8 Å². The molecule has 0 spiro atoms. The van der Waals surface area contributed by atoms with E-state index in [0.717, 1.165) is 35.9 Å². The summed E-state index contributed by atoms with van der Waals surface area (Å²) in [5.74, 6) is 1.42. The van der Waals surface area contributed by atoms with Crippen molar-refractivity contribution in [3.63, 3.8) is 0 Å². The first-order chi connectivity index (χ1) is 13.5. The van der Waals surface area contributed by atoms with E-state index >= 15 is 0 Å². The number of pyridine rings is 1. The lowest BCUT2D eigenvalue weighted by atomic mass is 10.1. The summed E-state index contributed by atoms with van der Waals surface area (Å²) < 4.78 is 1.70. The van der Waals surface area contributed by atoms with Gasteiger partial charge in [-0.1, -0.05) is 11.8 Å². The van der Waals surface area contributed by atoms with Crippen molar-refractivity contribution < 1.29 is 4.79 Å². The quantitative estimate of drug-likeness (QED) is 0.662. The first-order valence-electron chi connectivity index (χ1n) is 9.33. The van der Waals surface area contributed by atoms with E-state index in [1.165, 1.54) is 24.6 Å². The molecule has 1 N–H and O–H groups in total. The van der Waals surface area contributed by atoms with Crippen molar-refractivity contribution in [3.8, 4) is 0 Å². The molecule has 0 saturated carbocycles. The van der Waals surface area contributed by atoms with Crippen LogP contribution < -0.4 is 10.2 Å². The van der Waals surface area contributed by atoms with Crippen LogP contribution in [-0.4, -0.2) is 49.8 Å². The van der Waals surface area contributed by atoms with Gasteiger partial charge in [0.2, 0.25) is 11.1 Å². The molecule has 0 unspecified atom stereocenters. The molecule has 1 aliphatic rings. The summed E-state index contributed by atoms with van der Waals surface area (Å²) in [6, 6.07) is 3.87. The van der Waals surface area contributed by atoms with Crippen molar-refractivity contribution in [3.05, 3.63) is 35.3 Å². The molecule has 28 heavy (non-hydrogen) atoms. The second-order valence-corrected chi connectivity index (χ2v) is 7.67. The second kappa shape index (κ2) is 7.75. The molecule has 4 rings (SSSR count). The maximum atomic E-state index is 12.6. The molecule has 0 atom stereocenters. The number of aromatic nitrogens is 5. The van der Waals surface area contributed by atoms with E-state index in [1.807, 2.05) is 32.2 Å². The zero-order valence-electron chi connectivity index (χ0n) is 16.3. The third kappa shape index (κ3) is 3.66. The Morgan fingerprint density at radius 2 is 2.00 bits per heavy atom. The molecule has 1 aliphatic heterocycles. The summed E-state index contributed by atoms with van der Waals surface area (Å²) in [6.45, 7) is 5.94. The fraction of sp³-hybridized carbons (Fsp3) is 0.421. The van der Waals surface area contributed by atoms with Gasteiger partial charge in [0.1, 0.15) is 5.82 Å². The van der Waals surface area contributed by atoms with Crippen molar-refractivity contribution in [2.24, 2.45) is 0 Å². The third-order valence-electron chi connectivity index (χ3n) is 5.01. The first-order valence-corrected chi connectivity index (χ1v) is 10.6. The number of hydrogen-bond acceptors (Lipinski definition) is 7. The molecule has 0 radical (unpaired) electrons. The average Bonchev–Trinajstić information content (AvgIpc) is 3.35. The Hall–Kier alpha value is -2.68. The number of nitrogens with zero attached hydrogens (tertiary/aromatic N) is 6. The number of carbonyl (C=O) groups excluding carboxylic acids is 1. The Bertz CT molecular complexity index is 1010. The van der Waals surface area contributed by atoms with Gasteiger partial charge in [-0.05, 0) is 45.1 Å². The number of aryl methyl sites for hydroxylation is 2. The molecule has 146 valence electrons. The van der Waals surface area contributed by atoms with Crippen LogP contribution in [0.15, 0.2) is 23.5 Å². The third-order valence-corrected chi connectivity index (χ3v) is 5.55. The largest absolute Gasteiger partial charge is 0.357 e. The van der Waals surface area contributed by atoms with Gasteiger partial charge in [0, 0.05) is 30.0 Å². The molecule has 4 heterocycles. The maximum absolute atomic E-state index is 12.6. The highest BCUT2D eigenvalue weighted by molar-refractivity contribution is 7.98. The first kappa shape index (κ1) is 18.7. The van der Waals surface area contributed by atoms with Gasteiger partial charge in [0.05, 0.1) is 18.3 Å². The van der Waals surface area contributed by atoms with Gasteiger partial charge in [-0.25, -0.2) is 14.5 Å². The van der Waals surface area contributed by atoms with Gasteiger partial charge >= 0.3 is 0 Å². The Morgan fingerprint density at radius 1 is 1.21 bits per heavy atom. The van der Waals surface area contributed by atoms with E-state index < -0.39 is 0 Å². The SMILES string of the molecule is CSc1nc2nc(C)c(CC(=O)Nc3ccc(N4CCCC4)nc3)c(C)n2n1. The van der Waals surface area contributed by atoms with E-state index in [9.17, 15) is 4.79 Å². The van der Waals surface area contributed by atoms with Crippen molar-refractivity contribution in [2.45, 2.75) is 38.3 Å². The molecule has 3 aromatic heterocycles. The minimum atomic E-state index is -0.103. The van der Waals surface area contributed by atoms with Gasteiger partial charge in [-0.2, -0.15) is 4.98 Å². The second-order valence-electron chi connectivity index (χ2n) is 6.90. The number of thioether (sulfide) groups is 1. The van der Waals surface area contributed by atoms with Gasteiger partial charge in [0.25, 0.3) is 5.78 Å². The summed E-state index contributed by atoms with van der Waals surface area (Å²) >= 11 is 1.47. The Morgan fingerprint density at radius 3 is 2.68 bits per heavy atom. The van der Waals surface area contributed by atoms with Crippen LogP contribution in [-0.2, 0) is 11.2 Å². The van der Waals surface area contributed by atoms with Crippen molar-refractivity contribution in [1.82, 2.24) is 24.6 Å². The summed E-state index contributed by atoms with van der Waals surface area (Å²) in [5, 5.41) is 8.03. The molecule has 0 bridgehead atoms. The van der Waals surface area contributed by atoms with E-state index in [1.54, 1.807) is 10.7 Å². The number of carbonyl (C=O) groups is 1. The lowest BCUT2D eigenvalue weighted by molar-refractivity contribution is -0.115. The predicted molar refractivity (Wildman–Crippen MR) is 110 cm³/mol. The van der Waals surface area contributed by atoms with Gasteiger partial charge in [0.15, 0.2) is 0 Å². The van der Waals surface area contributed by atoms with Crippen LogP contribution in [0.4, 0.5) is 11.5 Å². The van der Waals surface area contributed by atoms with Gasteiger partial charge in [-0.3, -0.25) is 4.79 Å². The van der Waals surface area contributed by atoms with E-state index in [2.05, 4.69) is 30.3 Å². The Kier molecular flexibility index (Phi) is 5.17. The molecule has 8 nitrogen and oxygen atoms in total. The van der Waals surface area contributed by atoms with E-state index in [-0.39, 0.29) is 12.3 Å². The normalized spacial score (nSPS) is 14.0. The monoisotopic (exact) mass is 397 g/mol. The van der Waals surface area contributed by atoms with Crippen LogP contribution in [0.2, 0.25) is 0 Å². The van der Waals surface area contributed by atoms with Gasteiger partial charge < -0.3 is 10.2 Å². The zero-order valence-corrected chi connectivity index (χ0v) is 17.1. The Labute approximate surface area is 167 Å². The van der Waals surface area contributed by atoms with Crippen LogP contribution in [0.5, 0.6) is 0 Å². The maximum Gasteiger partial charge on any atom is 0.253 e. The minimum Gasteiger partial charge on any atom is -0.357 e. The van der Waals surface area contributed by atoms with E-state index in [0.29, 0.717) is 16.6 Å². The number of rotatable bonds is 5. The van der Waals surface area contributed by atoms with Crippen molar-refractivity contribution in [2.75, 3.05) is 29.6 Å². The summed E-state index contributed by atoms with van der Waals surface area (Å²) in [7, 11) is 0. The highest BCUT2D eigenvalue weighted by Crippen LogP contribution is 2.20. The van der Waals surface area contributed by atoms with Crippen molar-refractivity contribution >= 4 is 35.0 Å². The van der Waals surface area contributed by atoms with Crippen LogP contribution in [0, 0.1) is 13.8 Å². The number of anilines is 2. The lowest BCUT2D eigenvalue weighted by Gasteiger charge is -2.16. The molecule has 0 aliphatic carbocycles.